The van der Waals surface area contributed by atoms with E-state index in [0.717, 1.165) is 43.4 Å². The van der Waals surface area contributed by atoms with E-state index in [4.69, 9.17) is 4.74 Å². The molecule has 0 N–H and O–H groups in total. The van der Waals surface area contributed by atoms with Gasteiger partial charge in [0, 0.05) is 35.7 Å². The Balaban J connectivity index is 1.52. The first kappa shape index (κ1) is 27.4. The maximum Gasteiger partial charge on any atom is 0.166 e. The molecule has 1 aromatic heterocycles. The molecule has 0 saturated carbocycles. The fourth-order valence-electron chi connectivity index (χ4n) is 3.96. The molecule has 0 amide bonds. The van der Waals surface area contributed by atoms with Crippen molar-refractivity contribution in [3.8, 4) is 22.5 Å². The molecule has 0 saturated heterocycles. The average molecular weight is 491 g/mol. The Morgan fingerprint density at radius 2 is 1.67 bits per heavy atom. The van der Waals surface area contributed by atoms with Crippen molar-refractivity contribution < 1.29 is 13.5 Å². The number of unbranched alkanes of at least 4 members (excludes halogenated alkanes) is 3. The topological polar surface area (TPSA) is 35.0 Å². The SMILES string of the molecule is C=CCc1ccc(-c2ccc(-c3ncc(C=CCCCC(C)OCCCCC)cn3)cc2)c(F)c1F. The highest BCUT2D eigenvalue weighted by Crippen LogP contribution is 2.28. The minimum Gasteiger partial charge on any atom is -0.379 e. The van der Waals surface area contributed by atoms with Crippen LogP contribution in [0.3, 0.4) is 0 Å². The summed E-state index contributed by atoms with van der Waals surface area (Å²) in [6.07, 6.45) is 16.6. The van der Waals surface area contributed by atoms with E-state index in [2.05, 4.69) is 36.5 Å². The molecule has 2 aromatic carbocycles. The molecule has 0 aliphatic rings. The van der Waals surface area contributed by atoms with Gasteiger partial charge in [0.1, 0.15) is 0 Å². The number of benzene rings is 2. The Bertz CT molecular complexity index is 1120. The molecule has 0 radical (unpaired) electrons. The van der Waals surface area contributed by atoms with Crippen LogP contribution in [0.5, 0.6) is 0 Å². The van der Waals surface area contributed by atoms with Crippen LogP contribution in [-0.4, -0.2) is 22.7 Å². The highest BCUT2D eigenvalue weighted by molar-refractivity contribution is 5.68. The highest BCUT2D eigenvalue weighted by Gasteiger charge is 2.14. The molecule has 3 nitrogen and oxygen atoms in total. The zero-order chi connectivity index (χ0) is 25.8. The van der Waals surface area contributed by atoms with Gasteiger partial charge in [-0.3, -0.25) is 0 Å². The number of aromatic nitrogens is 2. The lowest BCUT2D eigenvalue weighted by atomic mass is 10.00. The fourth-order valence-corrected chi connectivity index (χ4v) is 3.96. The molecule has 1 atom stereocenters. The van der Waals surface area contributed by atoms with Gasteiger partial charge in [-0.05, 0) is 50.2 Å². The number of hydrogen-bond acceptors (Lipinski definition) is 3. The quantitative estimate of drug-likeness (QED) is 0.168. The van der Waals surface area contributed by atoms with Crippen LogP contribution in [0, 0.1) is 11.6 Å². The van der Waals surface area contributed by atoms with Gasteiger partial charge in [-0.1, -0.05) is 74.4 Å². The summed E-state index contributed by atoms with van der Waals surface area (Å²) in [6, 6.07) is 10.4. The average Bonchev–Trinajstić information content (AvgIpc) is 2.90. The molecule has 3 rings (SSSR count). The molecule has 1 heterocycles. The van der Waals surface area contributed by atoms with Gasteiger partial charge in [0.05, 0.1) is 6.10 Å². The summed E-state index contributed by atoms with van der Waals surface area (Å²) in [5.74, 6) is -1.09. The van der Waals surface area contributed by atoms with Gasteiger partial charge < -0.3 is 4.74 Å². The van der Waals surface area contributed by atoms with E-state index < -0.39 is 11.6 Å². The Hall–Kier alpha value is -3.18. The third-order valence-electron chi connectivity index (χ3n) is 6.09. The number of nitrogens with zero attached hydrogens (tertiary/aromatic N) is 2. The van der Waals surface area contributed by atoms with Crippen molar-refractivity contribution in [2.45, 2.75) is 64.9 Å². The standard InChI is InChI=1S/C31H36F2N2O/c1-4-6-10-20-36-23(3)12-8-7-9-13-24-21-34-31(35-22-24)27-16-14-25(15-17-27)28-19-18-26(11-5-2)29(32)30(28)33/h5,9,13-19,21-23H,2,4,6-8,10-12,20H2,1,3H3. The molecule has 36 heavy (non-hydrogen) atoms. The summed E-state index contributed by atoms with van der Waals surface area (Å²) in [5, 5.41) is 0. The number of ether oxygens (including phenoxy) is 1. The zero-order valence-electron chi connectivity index (χ0n) is 21.4. The van der Waals surface area contributed by atoms with E-state index in [1.807, 2.05) is 18.2 Å². The number of halogens is 2. The highest BCUT2D eigenvalue weighted by atomic mass is 19.2. The molecule has 0 fully saturated rings. The monoisotopic (exact) mass is 490 g/mol. The molecule has 1 unspecified atom stereocenters. The predicted octanol–water partition coefficient (Wildman–Crippen LogP) is 8.60. The Kier molecular flexibility index (Phi) is 11.0. The largest absolute Gasteiger partial charge is 0.379 e. The molecule has 0 spiro atoms. The second-order valence-corrected chi connectivity index (χ2v) is 9.03. The van der Waals surface area contributed by atoms with E-state index in [0.29, 0.717) is 23.1 Å². The van der Waals surface area contributed by atoms with Crippen LogP contribution in [0.1, 0.15) is 63.5 Å². The van der Waals surface area contributed by atoms with Crippen molar-refractivity contribution in [2.24, 2.45) is 0 Å². The minimum atomic E-state index is -0.844. The van der Waals surface area contributed by atoms with Gasteiger partial charge in [-0.2, -0.15) is 0 Å². The van der Waals surface area contributed by atoms with Crippen molar-refractivity contribution in [1.29, 1.82) is 0 Å². The van der Waals surface area contributed by atoms with E-state index >= 15 is 0 Å². The molecule has 0 aliphatic carbocycles. The summed E-state index contributed by atoms with van der Waals surface area (Å²) in [5.41, 5.74) is 2.88. The summed E-state index contributed by atoms with van der Waals surface area (Å²) in [7, 11) is 0. The minimum absolute atomic E-state index is 0.228. The predicted molar refractivity (Wildman–Crippen MR) is 145 cm³/mol. The molecule has 0 bridgehead atoms. The van der Waals surface area contributed by atoms with Gasteiger partial charge in [-0.25, -0.2) is 18.7 Å². The van der Waals surface area contributed by atoms with Crippen LogP contribution in [0.4, 0.5) is 8.78 Å². The summed E-state index contributed by atoms with van der Waals surface area (Å²) < 4.78 is 34.7. The maximum absolute atomic E-state index is 14.6. The third-order valence-corrected chi connectivity index (χ3v) is 6.09. The number of allylic oxidation sites excluding steroid dienone is 2. The van der Waals surface area contributed by atoms with Crippen molar-refractivity contribution in [1.82, 2.24) is 9.97 Å². The van der Waals surface area contributed by atoms with Crippen molar-refractivity contribution in [3.63, 3.8) is 0 Å². The summed E-state index contributed by atoms with van der Waals surface area (Å²) in [4.78, 5) is 8.93. The second kappa shape index (κ2) is 14.4. The van der Waals surface area contributed by atoms with Gasteiger partial charge in [0.25, 0.3) is 0 Å². The smallest absolute Gasteiger partial charge is 0.166 e. The van der Waals surface area contributed by atoms with E-state index in [-0.39, 0.29) is 12.0 Å². The first-order chi connectivity index (χ1) is 17.5. The van der Waals surface area contributed by atoms with E-state index in [1.165, 1.54) is 12.8 Å². The lowest BCUT2D eigenvalue weighted by Gasteiger charge is -2.11. The molecule has 3 aromatic rings. The summed E-state index contributed by atoms with van der Waals surface area (Å²) in [6.45, 7) is 8.78. The van der Waals surface area contributed by atoms with Crippen molar-refractivity contribution in [2.75, 3.05) is 6.61 Å². The van der Waals surface area contributed by atoms with Gasteiger partial charge >= 0.3 is 0 Å². The molecule has 0 aliphatic heterocycles. The van der Waals surface area contributed by atoms with Crippen LogP contribution < -0.4 is 0 Å². The first-order valence-electron chi connectivity index (χ1n) is 12.8. The van der Waals surface area contributed by atoms with Crippen molar-refractivity contribution >= 4 is 6.08 Å². The van der Waals surface area contributed by atoms with Gasteiger partial charge in [0.2, 0.25) is 0 Å². The molecule has 5 heteroatoms. The number of hydrogen-bond donors (Lipinski definition) is 0. The third kappa shape index (κ3) is 7.92. The van der Waals surface area contributed by atoms with Crippen LogP contribution in [0.2, 0.25) is 0 Å². The Morgan fingerprint density at radius 1 is 0.944 bits per heavy atom. The van der Waals surface area contributed by atoms with Crippen LogP contribution >= 0.6 is 0 Å². The lowest BCUT2D eigenvalue weighted by molar-refractivity contribution is 0.0566. The molecular formula is C31H36F2N2O. The maximum atomic E-state index is 14.6. The normalized spacial score (nSPS) is 12.2. The fraction of sp³-hybridized carbons (Fsp3) is 0.355. The Labute approximate surface area is 214 Å². The van der Waals surface area contributed by atoms with Crippen LogP contribution in [-0.2, 0) is 11.2 Å². The van der Waals surface area contributed by atoms with Crippen LogP contribution in [0.25, 0.3) is 28.6 Å². The first-order valence-corrected chi connectivity index (χ1v) is 12.8. The lowest BCUT2D eigenvalue weighted by Crippen LogP contribution is -2.08. The Morgan fingerprint density at radius 3 is 2.36 bits per heavy atom. The molecular weight excluding hydrogens is 454 g/mol. The van der Waals surface area contributed by atoms with E-state index in [9.17, 15) is 8.78 Å². The van der Waals surface area contributed by atoms with Crippen molar-refractivity contribution in [3.05, 3.63) is 90.3 Å². The van der Waals surface area contributed by atoms with Crippen LogP contribution in [0.15, 0.2) is 67.5 Å². The number of rotatable bonds is 14. The second-order valence-electron chi connectivity index (χ2n) is 9.03. The molecule has 190 valence electrons. The summed E-state index contributed by atoms with van der Waals surface area (Å²) >= 11 is 0. The van der Waals surface area contributed by atoms with Gasteiger partial charge in [0.15, 0.2) is 17.5 Å². The van der Waals surface area contributed by atoms with E-state index in [1.54, 1.807) is 42.7 Å². The zero-order valence-corrected chi connectivity index (χ0v) is 21.4. The van der Waals surface area contributed by atoms with Gasteiger partial charge in [-0.15, -0.1) is 6.58 Å².